The molecular formula is C20H22Cl2N2O3S. The van der Waals surface area contributed by atoms with E-state index in [4.69, 9.17) is 23.2 Å². The number of benzene rings is 2. The van der Waals surface area contributed by atoms with Crippen LogP contribution in [0.4, 0.5) is 0 Å². The fraction of sp³-hybridized carbons (Fsp3) is 0.350. The lowest BCUT2D eigenvalue weighted by molar-refractivity contribution is 0.0784. The van der Waals surface area contributed by atoms with Crippen molar-refractivity contribution in [3.63, 3.8) is 0 Å². The van der Waals surface area contributed by atoms with Gasteiger partial charge in [0.25, 0.3) is 5.91 Å². The van der Waals surface area contributed by atoms with Crippen LogP contribution in [0.1, 0.15) is 34.3 Å². The van der Waals surface area contributed by atoms with Gasteiger partial charge in [0.15, 0.2) is 0 Å². The first-order valence-electron chi connectivity index (χ1n) is 9.00. The topological polar surface area (TPSA) is 57.7 Å². The summed E-state index contributed by atoms with van der Waals surface area (Å²) in [5.74, 6) is -0.262. The SMILES string of the molecule is Cc1ccc(S(=O)(=O)N2CCCC2)cc1C(=O)N(C)Cc1ccc(Cl)cc1Cl. The molecule has 5 nitrogen and oxygen atoms in total. The predicted octanol–water partition coefficient (Wildman–Crippen LogP) is 4.36. The van der Waals surface area contributed by atoms with Crippen molar-refractivity contribution in [2.75, 3.05) is 20.1 Å². The highest BCUT2D eigenvalue weighted by Crippen LogP contribution is 2.25. The second-order valence-electron chi connectivity index (χ2n) is 6.98. The molecule has 1 aliphatic rings. The van der Waals surface area contributed by atoms with Crippen LogP contribution in [0, 0.1) is 6.92 Å². The van der Waals surface area contributed by atoms with Gasteiger partial charge < -0.3 is 4.90 Å². The molecule has 0 aromatic heterocycles. The van der Waals surface area contributed by atoms with Crippen LogP contribution in [0.3, 0.4) is 0 Å². The molecule has 8 heteroatoms. The summed E-state index contributed by atoms with van der Waals surface area (Å²) in [7, 11) is -1.92. The molecule has 28 heavy (non-hydrogen) atoms. The number of carbonyl (C=O) groups excluding carboxylic acids is 1. The van der Waals surface area contributed by atoms with Crippen LogP contribution in [0.25, 0.3) is 0 Å². The molecule has 1 aliphatic heterocycles. The molecule has 0 bridgehead atoms. The zero-order valence-corrected chi connectivity index (χ0v) is 18.1. The Bertz CT molecular complexity index is 1000. The molecule has 0 aliphatic carbocycles. The Hall–Kier alpha value is -1.60. The fourth-order valence-electron chi connectivity index (χ4n) is 3.25. The maximum absolute atomic E-state index is 13.0. The van der Waals surface area contributed by atoms with E-state index in [1.807, 2.05) is 0 Å². The zero-order valence-electron chi connectivity index (χ0n) is 15.8. The fourth-order valence-corrected chi connectivity index (χ4v) is 5.26. The van der Waals surface area contributed by atoms with Gasteiger partial charge in [-0.2, -0.15) is 4.31 Å². The third-order valence-electron chi connectivity index (χ3n) is 4.91. The largest absolute Gasteiger partial charge is 0.337 e. The van der Waals surface area contributed by atoms with Gasteiger partial charge in [0.05, 0.1) is 4.90 Å². The summed E-state index contributed by atoms with van der Waals surface area (Å²) in [6, 6.07) is 9.84. The Morgan fingerprint density at radius 1 is 1.11 bits per heavy atom. The van der Waals surface area contributed by atoms with Gasteiger partial charge in [-0.05, 0) is 55.2 Å². The maximum atomic E-state index is 13.0. The van der Waals surface area contributed by atoms with Crippen LogP contribution in [0.2, 0.25) is 10.0 Å². The van der Waals surface area contributed by atoms with Crippen molar-refractivity contribution < 1.29 is 13.2 Å². The molecule has 0 unspecified atom stereocenters. The minimum atomic E-state index is -3.58. The number of rotatable bonds is 5. The van der Waals surface area contributed by atoms with Crippen molar-refractivity contribution >= 4 is 39.1 Å². The zero-order chi connectivity index (χ0) is 20.5. The summed E-state index contributed by atoms with van der Waals surface area (Å²) < 4.78 is 27.1. The van der Waals surface area contributed by atoms with Crippen LogP contribution in [0.15, 0.2) is 41.3 Å². The van der Waals surface area contributed by atoms with E-state index >= 15 is 0 Å². The molecule has 0 atom stereocenters. The Kier molecular flexibility index (Phi) is 6.34. The molecule has 1 amide bonds. The lowest BCUT2D eigenvalue weighted by Crippen LogP contribution is -2.29. The summed E-state index contributed by atoms with van der Waals surface area (Å²) in [5, 5.41) is 1.01. The number of aryl methyl sites for hydroxylation is 1. The third-order valence-corrected chi connectivity index (χ3v) is 7.39. The van der Waals surface area contributed by atoms with E-state index in [1.165, 1.54) is 15.3 Å². The van der Waals surface area contributed by atoms with E-state index in [1.54, 1.807) is 44.3 Å². The first-order chi connectivity index (χ1) is 13.2. The summed E-state index contributed by atoms with van der Waals surface area (Å²) in [6.07, 6.45) is 1.73. The highest BCUT2D eigenvalue weighted by atomic mass is 35.5. The first-order valence-corrected chi connectivity index (χ1v) is 11.2. The van der Waals surface area contributed by atoms with E-state index in [-0.39, 0.29) is 17.3 Å². The van der Waals surface area contributed by atoms with E-state index in [9.17, 15) is 13.2 Å². The van der Waals surface area contributed by atoms with Gasteiger partial charge in [0.1, 0.15) is 0 Å². The van der Waals surface area contributed by atoms with Crippen LogP contribution >= 0.6 is 23.2 Å². The van der Waals surface area contributed by atoms with E-state index in [2.05, 4.69) is 0 Å². The molecule has 2 aromatic rings. The smallest absolute Gasteiger partial charge is 0.254 e. The molecule has 0 saturated carbocycles. The average molecular weight is 441 g/mol. The molecule has 3 rings (SSSR count). The lowest BCUT2D eigenvalue weighted by Gasteiger charge is -2.21. The summed E-state index contributed by atoms with van der Waals surface area (Å²) in [5.41, 5.74) is 1.85. The third kappa shape index (κ3) is 4.35. The number of amides is 1. The number of carbonyl (C=O) groups is 1. The van der Waals surface area contributed by atoms with Crippen molar-refractivity contribution in [2.45, 2.75) is 31.2 Å². The van der Waals surface area contributed by atoms with Gasteiger partial charge in [0, 0.05) is 42.3 Å². The highest BCUT2D eigenvalue weighted by molar-refractivity contribution is 7.89. The summed E-state index contributed by atoms with van der Waals surface area (Å²) in [4.78, 5) is 14.7. The van der Waals surface area contributed by atoms with E-state index in [0.29, 0.717) is 28.7 Å². The molecule has 0 spiro atoms. The van der Waals surface area contributed by atoms with Crippen LogP contribution < -0.4 is 0 Å². The molecule has 2 aromatic carbocycles. The van der Waals surface area contributed by atoms with Crippen molar-refractivity contribution in [3.8, 4) is 0 Å². The number of nitrogens with zero attached hydrogens (tertiary/aromatic N) is 2. The first kappa shape index (κ1) is 21.1. The van der Waals surface area contributed by atoms with Gasteiger partial charge in [-0.3, -0.25) is 4.79 Å². The Morgan fingerprint density at radius 2 is 1.79 bits per heavy atom. The molecular weight excluding hydrogens is 419 g/mol. The number of halogens is 2. The maximum Gasteiger partial charge on any atom is 0.254 e. The van der Waals surface area contributed by atoms with E-state index < -0.39 is 10.0 Å². The summed E-state index contributed by atoms with van der Waals surface area (Å²) in [6.45, 7) is 3.13. The molecule has 0 N–H and O–H groups in total. The molecule has 1 fully saturated rings. The van der Waals surface area contributed by atoms with Crippen molar-refractivity contribution in [2.24, 2.45) is 0 Å². The Morgan fingerprint density at radius 3 is 2.43 bits per heavy atom. The van der Waals surface area contributed by atoms with Gasteiger partial charge >= 0.3 is 0 Å². The minimum Gasteiger partial charge on any atom is -0.337 e. The van der Waals surface area contributed by atoms with Gasteiger partial charge in [-0.1, -0.05) is 35.3 Å². The van der Waals surface area contributed by atoms with Crippen LogP contribution in [-0.4, -0.2) is 43.7 Å². The predicted molar refractivity (Wildman–Crippen MR) is 111 cm³/mol. The normalized spacial score (nSPS) is 15.0. The van der Waals surface area contributed by atoms with Crippen molar-refractivity contribution in [3.05, 3.63) is 63.1 Å². The molecule has 1 saturated heterocycles. The van der Waals surface area contributed by atoms with Crippen molar-refractivity contribution in [1.82, 2.24) is 9.21 Å². The Balaban J connectivity index is 1.86. The summed E-state index contributed by atoms with van der Waals surface area (Å²) >= 11 is 12.1. The number of hydrogen-bond donors (Lipinski definition) is 0. The number of hydrogen-bond acceptors (Lipinski definition) is 3. The van der Waals surface area contributed by atoms with Crippen LogP contribution in [-0.2, 0) is 16.6 Å². The second-order valence-corrected chi connectivity index (χ2v) is 9.77. The standard InChI is InChI=1S/C20H22Cl2N2O3S/c1-14-5-8-17(28(26,27)24-9-3-4-10-24)12-18(14)20(25)23(2)13-15-6-7-16(21)11-19(15)22/h5-8,11-12H,3-4,9-10,13H2,1-2H3. The van der Waals surface area contributed by atoms with Crippen LogP contribution in [0.5, 0.6) is 0 Å². The second kappa shape index (κ2) is 8.41. The Labute approximate surface area is 175 Å². The number of sulfonamides is 1. The monoisotopic (exact) mass is 440 g/mol. The van der Waals surface area contributed by atoms with Gasteiger partial charge in [-0.25, -0.2) is 8.42 Å². The molecule has 1 heterocycles. The molecule has 150 valence electrons. The quantitative estimate of drug-likeness (QED) is 0.693. The average Bonchev–Trinajstić information content (AvgIpc) is 3.19. The van der Waals surface area contributed by atoms with Gasteiger partial charge in [-0.15, -0.1) is 0 Å². The minimum absolute atomic E-state index is 0.154. The van der Waals surface area contributed by atoms with Crippen molar-refractivity contribution in [1.29, 1.82) is 0 Å². The highest BCUT2D eigenvalue weighted by Gasteiger charge is 2.28. The molecule has 0 radical (unpaired) electrons. The van der Waals surface area contributed by atoms with Gasteiger partial charge in [0.2, 0.25) is 10.0 Å². The van der Waals surface area contributed by atoms with E-state index in [0.717, 1.165) is 24.0 Å². The lowest BCUT2D eigenvalue weighted by atomic mass is 10.1.